The molecule has 2 saturated heterocycles. The van der Waals surface area contributed by atoms with E-state index in [1.807, 2.05) is 12.1 Å². The molecule has 4 N–H and O–H groups in total. The Kier molecular flexibility index (Phi) is 5.95. The topological polar surface area (TPSA) is 109 Å². The molecule has 1 unspecified atom stereocenters. The monoisotopic (exact) mass is 437 g/mol. The van der Waals surface area contributed by atoms with Crippen LogP contribution in [0.2, 0.25) is 0 Å². The maximum absolute atomic E-state index is 12.6. The Bertz CT molecular complexity index is 1000. The second kappa shape index (κ2) is 9.01. The van der Waals surface area contributed by atoms with E-state index in [9.17, 15) is 9.59 Å². The van der Waals surface area contributed by atoms with Gasteiger partial charge in [-0.15, -0.1) is 0 Å². The minimum Gasteiger partial charge on any atom is -0.328 e. The van der Waals surface area contributed by atoms with E-state index in [0.717, 1.165) is 63.1 Å². The average molecular weight is 438 g/mol. The number of likely N-dealkylation sites (tertiary alicyclic amines) is 1. The molecule has 9 nitrogen and oxygen atoms in total. The third-order valence-corrected chi connectivity index (χ3v) is 6.93. The van der Waals surface area contributed by atoms with E-state index in [0.29, 0.717) is 19.1 Å². The van der Waals surface area contributed by atoms with Crippen molar-refractivity contribution in [2.75, 3.05) is 44.6 Å². The zero-order chi connectivity index (χ0) is 22.1. The van der Waals surface area contributed by atoms with Gasteiger partial charge in [-0.1, -0.05) is 12.1 Å². The summed E-state index contributed by atoms with van der Waals surface area (Å²) in [6, 6.07) is 9.86. The Labute approximate surface area is 187 Å². The molecule has 2 aromatic rings. The first-order chi connectivity index (χ1) is 15.5. The van der Waals surface area contributed by atoms with Crippen LogP contribution < -0.4 is 22.1 Å². The second-order valence-electron chi connectivity index (χ2n) is 9.24. The van der Waals surface area contributed by atoms with Gasteiger partial charge in [-0.05, 0) is 48.4 Å². The first-order valence-corrected chi connectivity index (χ1v) is 11.5. The highest BCUT2D eigenvalue weighted by atomic mass is 16.2. The summed E-state index contributed by atoms with van der Waals surface area (Å²) < 4.78 is 1.49. The van der Waals surface area contributed by atoms with Crippen molar-refractivity contribution in [3.05, 3.63) is 52.6 Å². The van der Waals surface area contributed by atoms with Crippen LogP contribution in [0.3, 0.4) is 0 Å². The highest BCUT2D eigenvalue weighted by molar-refractivity contribution is 5.88. The van der Waals surface area contributed by atoms with Gasteiger partial charge in [-0.2, -0.15) is 4.98 Å². The Balaban J connectivity index is 1.20. The third kappa shape index (κ3) is 4.55. The number of rotatable bonds is 4. The Hall–Kier alpha value is -2.75. The first-order valence-electron chi connectivity index (χ1n) is 11.5. The molecule has 2 amide bonds. The van der Waals surface area contributed by atoms with Crippen molar-refractivity contribution in [2.45, 2.75) is 25.4 Å². The molecule has 3 fully saturated rings. The maximum atomic E-state index is 12.6. The maximum Gasteiger partial charge on any atom is 0.354 e. The normalized spacial score (nSPS) is 25.7. The fourth-order valence-electron chi connectivity index (χ4n) is 5.32. The number of anilines is 1. The summed E-state index contributed by atoms with van der Waals surface area (Å²) in [5, 5.41) is 5.93. The van der Waals surface area contributed by atoms with Crippen LogP contribution in [0.15, 0.2) is 41.3 Å². The number of aromatic nitrogens is 2. The number of hydrogen-bond donors (Lipinski definition) is 3. The van der Waals surface area contributed by atoms with E-state index in [-0.39, 0.29) is 11.8 Å². The molecule has 3 heterocycles. The molecular formula is C23H31N7O2. The molecule has 9 heteroatoms. The van der Waals surface area contributed by atoms with Crippen molar-refractivity contribution >= 4 is 11.8 Å². The lowest BCUT2D eigenvalue weighted by molar-refractivity contribution is 0.204. The van der Waals surface area contributed by atoms with Gasteiger partial charge in [0.05, 0.1) is 5.69 Å². The summed E-state index contributed by atoms with van der Waals surface area (Å²) in [4.78, 5) is 33.1. The zero-order valence-corrected chi connectivity index (χ0v) is 18.2. The van der Waals surface area contributed by atoms with Crippen LogP contribution in [0.5, 0.6) is 0 Å². The molecular weight excluding hydrogens is 406 g/mol. The standard InChI is InChI=1S/C23H31N7O2/c24-19-11-17-14-28(15-18(17)12-19)13-16-1-3-20(4-2-16)30-8-5-21(27-23(30)32)26-22(31)29-9-6-25-7-10-29/h1-5,8,17-19,25H,6-7,9-15,24H2,(H,26,27,31,32)/t17-,18+,19?. The van der Waals surface area contributed by atoms with Crippen molar-refractivity contribution < 1.29 is 4.79 Å². The second-order valence-corrected chi connectivity index (χ2v) is 9.24. The van der Waals surface area contributed by atoms with Gasteiger partial charge in [0.15, 0.2) is 0 Å². The Morgan fingerprint density at radius 1 is 1.09 bits per heavy atom. The number of amides is 2. The fraction of sp³-hybridized carbons (Fsp3) is 0.522. The lowest BCUT2D eigenvalue weighted by Gasteiger charge is -2.27. The molecule has 1 aliphatic carbocycles. The lowest BCUT2D eigenvalue weighted by atomic mass is 10.0. The summed E-state index contributed by atoms with van der Waals surface area (Å²) in [7, 11) is 0. The van der Waals surface area contributed by atoms with Gasteiger partial charge in [0.1, 0.15) is 5.82 Å². The quantitative estimate of drug-likeness (QED) is 0.654. The van der Waals surface area contributed by atoms with Crippen molar-refractivity contribution in [1.82, 2.24) is 24.7 Å². The summed E-state index contributed by atoms with van der Waals surface area (Å²) in [6.07, 6.45) is 3.96. The summed E-state index contributed by atoms with van der Waals surface area (Å²) in [5.74, 6) is 1.77. The molecule has 2 aliphatic heterocycles. The van der Waals surface area contributed by atoms with Crippen LogP contribution in [-0.4, -0.2) is 70.7 Å². The first kappa shape index (κ1) is 21.1. The zero-order valence-electron chi connectivity index (χ0n) is 18.2. The van der Waals surface area contributed by atoms with Gasteiger partial charge >= 0.3 is 11.7 Å². The van der Waals surface area contributed by atoms with Gasteiger partial charge in [0, 0.05) is 58.1 Å². The predicted molar refractivity (Wildman–Crippen MR) is 123 cm³/mol. The van der Waals surface area contributed by atoms with Crippen molar-refractivity contribution in [2.24, 2.45) is 17.6 Å². The van der Waals surface area contributed by atoms with Gasteiger partial charge in [0.25, 0.3) is 0 Å². The molecule has 0 spiro atoms. The lowest BCUT2D eigenvalue weighted by Crippen LogP contribution is -2.48. The molecule has 0 bridgehead atoms. The number of urea groups is 1. The number of carbonyl (C=O) groups is 1. The van der Waals surface area contributed by atoms with Crippen LogP contribution >= 0.6 is 0 Å². The fourth-order valence-corrected chi connectivity index (χ4v) is 5.32. The molecule has 0 radical (unpaired) electrons. The number of nitrogens with one attached hydrogen (secondary N) is 2. The van der Waals surface area contributed by atoms with E-state index in [1.54, 1.807) is 17.2 Å². The van der Waals surface area contributed by atoms with Gasteiger partial charge in [-0.25, -0.2) is 9.59 Å². The highest BCUT2D eigenvalue weighted by Gasteiger charge is 2.39. The van der Waals surface area contributed by atoms with E-state index in [2.05, 4.69) is 32.7 Å². The summed E-state index contributed by atoms with van der Waals surface area (Å²) in [6.45, 7) is 6.00. The Morgan fingerprint density at radius 3 is 2.44 bits per heavy atom. The van der Waals surface area contributed by atoms with Crippen LogP contribution in [-0.2, 0) is 6.54 Å². The van der Waals surface area contributed by atoms with E-state index < -0.39 is 5.69 Å². The minimum absolute atomic E-state index is 0.228. The smallest absolute Gasteiger partial charge is 0.328 e. The molecule has 3 aliphatic rings. The molecule has 170 valence electrons. The predicted octanol–water partition coefficient (Wildman–Crippen LogP) is 0.839. The number of piperazine rings is 1. The average Bonchev–Trinajstić information content (AvgIpc) is 3.32. The van der Waals surface area contributed by atoms with Gasteiger partial charge in [0.2, 0.25) is 0 Å². The van der Waals surface area contributed by atoms with Gasteiger partial charge in [-0.3, -0.25) is 14.8 Å². The molecule has 3 atom stereocenters. The van der Waals surface area contributed by atoms with Crippen molar-refractivity contribution in [1.29, 1.82) is 0 Å². The number of hydrogen-bond acceptors (Lipinski definition) is 6. The number of nitrogens with zero attached hydrogens (tertiary/aromatic N) is 4. The van der Waals surface area contributed by atoms with E-state index in [4.69, 9.17) is 5.73 Å². The minimum atomic E-state index is -0.417. The highest BCUT2D eigenvalue weighted by Crippen LogP contribution is 2.37. The van der Waals surface area contributed by atoms with Crippen molar-refractivity contribution in [3.63, 3.8) is 0 Å². The number of nitrogens with two attached hydrogens (primary N) is 1. The number of benzene rings is 1. The third-order valence-electron chi connectivity index (χ3n) is 6.93. The van der Waals surface area contributed by atoms with E-state index >= 15 is 0 Å². The molecule has 1 aromatic heterocycles. The van der Waals surface area contributed by atoms with Crippen LogP contribution in [0.4, 0.5) is 10.6 Å². The molecule has 32 heavy (non-hydrogen) atoms. The summed E-state index contributed by atoms with van der Waals surface area (Å²) in [5.41, 5.74) is 7.68. The number of carbonyl (C=O) groups excluding carboxylic acids is 1. The van der Waals surface area contributed by atoms with E-state index in [1.165, 1.54) is 10.1 Å². The van der Waals surface area contributed by atoms with Gasteiger partial charge < -0.3 is 16.0 Å². The molecule has 1 saturated carbocycles. The summed E-state index contributed by atoms with van der Waals surface area (Å²) >= 11 is 0. The van der Waals surface area contributed by atoms with Crippen molar-refractivity contribution in [3.8, 4) is 5.69 Å². The van der Waals surface area contributed by atoms with Crippen LogP contribution in [0.25, 0.3) is 5.69 Å². The SMILES string of the molecule is NC1C[C@@H]2CN(Cc3ccc(-n4ccc(NC(=O)N5CCNCC5)nc4=O)cc3)C[C@@H]2C1. The Morgan fingerprint density at radius 2 is 1.78 bits per heavy atom. The van der Waals surface area contributed by atoms with Crippen LogP contribution in [0.1, 0.15) is 18.4 Å². The van der Waals surface area contributed by atoms with Crippen LogP contribution in [0, 0.1) is 11.8 Å². The molecule has 5 rings (SSSR count). The molecule has 1 aromatic carbocycles. The number of fused-ring (bicyclic) bond motifs is 1. The largest absolute Gasteiger partial charge is 0.354 e.